The predicted molar refractivity (Wildman–Crippen MR) is 181 cm³/mol. The Balaban J connectivity index is 1.41. The quantitative estimate of drug-likeness (QED) is 0.0390. The minimum absolute atomic E-state index is 0.0839. The van der Waals surface area contributed by atoms with E-state index in [-0.39, 0.29) is 16.5 Å². The van der Waals surface area contributed by atoms with E-state index >= 15 is 0 Å². The number of ketones is 1. The lowest BCUT2D eigenvalue weighted by atomic mass is 9.95. The van der Waals surface area contributed by atoms with Crippen molar-refractivity contribution in [1.29, 1.82) is 0 Å². The van der Waals surface area contributed by atoms with Crippen molar-refractivity contribution in [3.05, 3.63) is 89.0 Å². The first kappa shape index (κ1) is 32.4. The minimum atomic E-state index is -1.02. The molecule has 1 fully saturated rings. The van der Waals surface area contributed by atoms with Gasteiger partial charge in [-0.05, 0) is 54.8 Å². The van der Waals surface area contributed by atoms with Crippen molar-refractivity contribution in [2.24, 2.45) is 0 Å². The molecule has 0 saturated carbocycles. The Morgan fingerprint density at radius 1 is 0.957 bits per heavy atom. The van der Waals surface area contributed by atoms with E-state index < -0.39 is 17.7 Å². The summed E-state index contributed by atoms with van der Waals surface area (Å²) in [6.07, 6.45) is 3.02. The van der Waals surface area contributed by atoms with E-state index in [2.05, 4.69) is 17.1 Å². The van der Waals surface area contributed by atoms with Gasteiger partial charge in [0.25, 0.3) is 5.78 Å². The van der Waals surface area contributed by atoms with Crippen LogP contribution < -0.4 is 23.8 Å². The van der Waals surface area contributed by atoms with Crippen LogP contribution in [-0.4, -0.2) is 53.4 Å². The lowest BCUT2D eigenvalue weighted by Crippen LogP contribution is -2.29. The van der Waals surface area contributed by atoms with Gasteiger partial charge in [0.15, 0.2) is 27.3 Å². The highest BCUT2D eigenvalue weighted by Gasteiger charge is 2.48. The molecule has 1 amide bonds. The van der Waals surface area contributed by atoms with E-state index in [9.17, 15) is 14.7 Å². The molecular weight excluding hydrogens is 639 g/mol. The monoisotopic (exact) mass is 673 g/mol. The van der Waals surface area contributed by atoms with Gasteiger partial charge in [0.2, 0.25) is 5.13 Å². The van der Waals surface area contributed by atoms with Gasteiger partial charge in [-0.3, -0.25) is 14.5 Å². The highest BCUT2D eigenvalue weighted by Crippen LogP contribution is 2.46. The first-order valence-corrected chi connectivity index (χ1v) is 17.4. The number of aliphatic hydroxyl groups excluding tert-OH is 1. The molecule has 10 nitrogen and oxygen atoms in total. The summed E-state index contributed by atoms with van der Waals surface area (Å²) in [7, 11) is 0. The summed E-state index contributed by atoms with van der Waals surface area (Å²) in [4.78, 5) is 28.9. The highest BCUT2D eigenvalue weighted by molar-refractivity contribution is 8.00. The molecule has 1 aromatic heterocycles. The van der Waals surface area contributed by atoms with Crippen LogP contribution in [0.5, 0.6) is 23.0 Å². The first-order chi connectivity index (χ1) is 23.0. The van der Waals surface area contributed by atoms with Crippen molar-refractivity contribution < 1.29 is 33.6 Å². The number of hydrogen-bond donors (Lipinski definition) is 1. The molecule has 0 aliphatic carbocycles. The van der Waals surface area contributed by atoms with Gasteiger partial charge >= 0.3 is 5.91 Å². The lowest BCUT2D eigenvalue weighted by molar-refractivity contribution is -0.132. The van der Waals surface area contributed by atoms with E-state index in [0.717, 1.165) is 24.8 Å². The zero-order chi connectivity index (χ0) is 32.8. The van der Waals surface area contributed by atoms with Crippen LogP contribution >= 0.6 is 23.1 Å². The Morgan fingerprint density at radius 2 is 1.77 bits per heavy atom. The van der Waals surface area contributed by atoms with Gasteiger partial charge in [-0.1, -0.05) is 79.3 Å². The number of benzene rings is 3. The molecule has 3 heterocycles. The molecular formula is C35H35N3O7S2. The smallest absolute Gasteiger partial charge is 0.301 e. The van der Waals surface area contributed by atoms with Gasteiger partial charge in [-0.25, -0.2) is 0 Å². The fraction of sp³-hybridized carbons (Fsp3) is 0.314. The van der Waals surface area contributed by atoms with Gasteiger partial charge < -0.3 is 24.1 Å². The molecule has 0 spiro atoms. The Kier molecular flexibility index (Phi) is 10.3. The van der Waals surface area contributed by atoms with Gasteiger partial charge in [0.05, 0.1) is 24.8 Å². The number of anilines is 1. The van der Waals surface area contributed by atoms with Crippen molar-refractivity contribution in [3.8, 4) is 23.0 Å². The average Bonchev–Trinajstić information content (AvgIpc) is 3.67. The normalized spacial score (nSPS) is 16.8. The third-order valence-corrected chi connectivity index (χ3v) is 9.78. The number of carbonyl (C=O) groups excluding carboxylic acids is 2. The minimum Gasteiger partial charge on any atom is -0.507 e. The van der Waals surface area contributed by atoms with E-state index in [1.165, 1.54) is 28.0 Å². The molecule has 244 valence electrons. The first-order valence-electron chi connectivity index (χ1n) is 15.6. The molecule has 0 bridgehead atoms. The van der Waals surface area contributed by atoms with Crippen molar-refractivity contribution in [3.63, 3.8) is 0 Å². The zero-order valence-electron chi connectivity index (χ0n) is 26.1. The maximum absolute atomic E-state index is 13.8. The van der Waals surface area contributed by atoms with Gasteiger partial charge in [0, 0.05) is 11.3 Å². The van der Waals surface area contributed by atoms with Crippen molar-refractivity contribution in [2.45, 2.75) is 49.2 Å². The summed E-state index contributed by atoms with van der Waals surface area (Å²) in [6.45, 7) is 5.68. The number of carbonyl (C=O) groups is 2. The number of ether oxygens (including phenoxy) is 4. The molecule has 1 N–H and O–H groups in total. The van der Waals surface area contributed by atoms with Crippen LogP contribution in [-0.2, 0) is 15.3 Å². The summed E-state index contributed by atoms with van der Waals surface area (Å²) in [5, 5.41) is 20.6. The molecule has 47 heavy (non-hydrogen) atoms. The fourth-order valence-electron chi connectivity index (χ4n) is 5.39. The van der Waals surface area contributed by atoms with Gasteiger partial charge in [-0.15, -0.1) is 10.2 Å². The van der Waals surface area contributed by atoms with Crippen molar-refractivity contribution >= 4 is 45.7 Å². The van der Waals surface area contributed by atoms with Crippen LogP contribution in [0.3, 0.4) is 0 Å². The summed E-state index contributed by atoms with van der Waals surface area (Å²) < 4.78 is 24.0. The SMILES string of the molecule is CCCCCOc1ccc([C@H]2/C(=C(\O)c3ccc4c(c3)OCCO4)C(=O)C(=O)N2c2nnc(SCc3ccccc3)s2)cc1OCC. The zero-order valence-corrected chi connectivity index (χ0v) is 27.8. The number of rotatable bonds is 13. The van der Waals surface area contributed by atoms with Crippen LogP contribution in [0.1, 0.15) is 55.8 Å². The molecule has 0 radical (unpaired) electrons. The third-order valence-electron chi connectivity index (χ3n) is 7.66. The molecule has 12 heteroatoms. The van der Waals surface area contributed by atoms with Gasteiger partial charge in [0.1, 0.15) is 19.0 Å². The third kappa shape index (κ3) is 7.08. The maximum Gasteiger partial charge on any atom is 0.301 e. The predicted octanol–water partition coefficient (Wildman–Crippen LogP) is 7.20. The largest absolute Gasteiger partial charge is 0.507 e. The number of thioether (sulfide) groups is 1. The summed E-state index contributed by atoms with van der Waals surface area (Å²) in [5.41, 5.74) is 1.89. The Bertz CT molecular complexity index is 1780. The average molecular weight is 674 g/mol. The Morgan fingerprint density at radius 3 is 2.55 bits per heavy atom. The highest BCUT2D eigenvalue weighted by atomic mass is 32.2. The fourth-order valence-corrected chi connectivity index (χ4v) is 7.21. The topological polar surface area (TPSA) is 120 Å². The molecule has 1 saturated heterocycles. The van der Waals surface area contributed by atoms with E-state index in [4.69, 9.17) is 18.9 Å². The van der Waals surface area contributed by atoms with E-state index in [1.54, 1.807) is 36.4 Å². The van der Waals surface area contributed by atoms with Crippen LogP contribution in [0.15, 0.2) is 76.6 Å². The standard InChI is InChI=1S/C35H35N3O7S2/c1-3-5-9-16-43-25-14-12-23(19-27(25)42-4-2)30-29(31(39)24-13-15-26-28(20-24)45-18-17-44-26)32(40)33(41)38(30)34-36-37-35(47-34)46-21-22-10-7-6-8-11-22/h6-8,10-15,19-20,30,39H,3-5,9,16-18,21H2,1-2H3/b31-29+/t30-/m0/s1. The second-order valence-corrected chi connectivity index (χ2v) is 13.0. The lowest BCUT2D eigenvalue weighted by Gasteiger charge is -2.24. The number of aromatic nitrogens is 2. The molecule has 2 aliphatic rings. The molecule has 2 aliphatic heterocycles. The van der Waals surface area contributed by atoms with Crippen molar-refractivity contribution in [1.82, 2.24) is 10.2 Å². The van der Waals surface area contributed by atoms with E-state index in [0.29, 0.717) is 70.6 Å². The molecule has 1 atom stereocenters. The summed E-state index contributed by atoms with van der Waals surface area (Å²) in [5.74, 6) is 0.687. The number of fused-ring (bicyclic) bond motifs is 1. The number of amides is 1. The Labute approximate surface area is 281 Å². The Hall–Kier alpha value is -4.55. The number of nitrogens with zero attached hydrogens (tertiary/aromatic N) is 3. The molecule has 4 aromatic rings. The number of unbranched alkanes of at least 4 members (excludes halogenated alkanes) is 2. The second kappa shape index (κ2) is 14.9. The summed E-state index contributed by atoms with van der Waals surface area (Å²) in [6, 6.07) is 19.2. The molecule has 3 aromatic carbocycles. The maximum atomic E-state index is 13.8. The van der Waals surface area contributed by atoms with Gasteiger partial charge in [-0.2, -0.15) is 0 Å². The van der Waals surface area contributed by atoms with Crippen LogP contribution in [0.2, 0.25) is 0 Å². The summed E-state index contributed by atoms with van der Waals surface area (Å²) >= 11 is 2.70. The number of aliphatic hydroxyl groups is 1. The molecule has 6 rings (SSSR count). The number of Topliss-reactive ketones (excluding diaryl/α,β-unsaturated/α-hetero) is 1. The molecule has 0 unspecified atom stereocenters. The van der Waals surface area contributed by atoms with Crippen LogP contribution in [0.25, 0.3) is 5.76 Å². The van der Waals surface area contributed by atoms with Crippen LogP contribution in [0.4, 0.5) is 5.13 Å². The number of hydrogen-bond acceptors (Lipinski definition) is 11. The van der Waals surface area contributed by atoms with E-state index in [1.807, 2.05) is 37.3 Å². The van der Waals surface area contributed by atoms with Crippen molar-refractivity contribution in [2.75, 3.05) is 31.3 Å². The second-order valence-electron chi connectivity index (χ2n) is 10.8. The van der Waals surface area contributed by atoms with Crippen LogP contribution in [0, 0.1) is 0 Å².